The summed E-state index contributed by atoms with van der Waals surface area (Å²) in [7, 11) is 1.56. The second kappa shape index (κ2) is 7.53. The first-order valence-electron chi connectivity index (χ1n) is 6.63. The van der Waals surface area contributed by atoms with E-state index >= 15 is 0 Å². The van der Waals surface area contributed by atoms with E-state index in [9.17, 15) is 9.59 Å². The van der Waals surface area contributed by atoms with Crippen molar-refractivity contribution in [2.45, 2.75) is 32.7 Å². The maximum absolute atomic E-state index is 11.9. The van der Waals surface area contributed by atoms with Gasteiger partial charge in [0.15, 0.2) is 0 Å². The highest BCUT2D eigenvalue weighted by molar-refractivity contribution is 5.85. The summed E-state index contributed by atoms with van der Waals surface area (Å²) >= 11 is 0. The van der Waals surface area contributed by atoms with Crippen molar-refractivity contribution in [2.24, 2.45) is 5.92 Å². The van der Waals surface area contributed by atoms with Crippen molar-refractivity contribution >= 4 is 11.9 Å². The molecule has 1 aromatic rings. The molecule has 0 heterocycles. The van der Waals surface area contributed by atoms with Crippen LogP contribution in [0.2, 0.25) is 0 Å². The lowest BCUT2D eigenvalue weighted by Crippen LogP contribution is -2.45. The second-order valence-corrected chi connectivity index (χ2v) is 4.80. The molecule has 1 aromatic carbocycles. The highest BCUT2D eigenvalue weighted by atomic mass is 16.5. The molecule has 0 spiro atoms. The van der Waals surface area contributed by atoms with Crippen LogP contribution in [-0.4, -0.2) is 30.1 Å². The lowest BCUT2D eigenvalue weighted by Gasteiger charge is -2.20. The predicted octanol–water partition coefficient (Wildman–Crippen LogP) is 1.85. The molecule has 1 amide bonds. The topological polar surface area (TPSA) is 75.6 Å². The van der Waals surface area contributed by atoms with Crippen molar-refractivity contribution in [2.75, 3.05) is 7.11 Å². The molecule has 5 nitrogen and oxygen atoms in total. The molecule has 0 radical (unpaired) electrons. The van der Waals surface area contributed by atoms with Crippen molar-refractivity contribution in [1.29, 1.82) is 0 Å². The Morgan fingerprint density at radius 1 is 1.40 bits per heavy atom. The standard InChI is InChI=1S/C15H21NO4/c1-4-10(2)14(15(18)19)16-13(17)9-11-6-5-7-12(8-11)20-3/h5-8,10,14H,4,9H2,1-3H3,(H,16,17)(H,18,19)/t10-,14-/m0/s1. The van der Waals surface area contributed by atoms with Crippen molar-refractivity contribution < 1.29 is 19.4 Å². The summed E-state index contributed by atoms with van der Waals surface area (Å²) in [6.45, 7) is 3.71. The Morgan fingerprint density at radius 2 is 2.10 bits per heavy atom. The van der Waals surface area contributed by atoms with E-state index in [1.54, 1.807) is 31.4 Å². The van der Waals surface area contributed by atoms with E-state index in [2.05, 4.69) is 5.32 Å². The van der Waals surface area contributed by atoms with Crippen LogP contribution in [0.4, 0.5) is 0 Å². The van der Waals surface area contributed by atoms with Gasteiger partial charge in [0, 0.05) is 0 Å². The van der Waals surface area contributed by atoms with Crippen LogP contribution in [-0.2, 0) is 16.0 Å². The number of nitrogens with one attached hydrogen (secondary N) is 1. The number of rotatable bonds is 7. The van der Waals surface area contributed by atoms with Gasteiger partial charge in [0.25, 0.3) is 0 Å². The maximum Gasteiger partial charge on any atom is 0.326 e. The van der Waals surface area contributed by atoms with E-state index in [0.29, 0.717) is 12.2 Å². The molecule has 0 bridgehead atoms. The van der Waals surface area contributed by atoms with Crippen LogP contribution < -0.4 is 10.1 Å². The fraction of sp³-hybridized carbons (Fsp3) is 0.467. The first-order chi connectivity index (χ1) is 9.47. The predicted molar refractivity (Wildman–Crippen MR) is 75.7 cm³/mol. The van der Waals surface area contributed by atoms with E-state index < -0.39 is 12.0 Å². The van der Waals surface area contributed by atoms with Gasteiger partial charge in [-0.3, -0.25) is 4.79 Å². The van der Waals surface area contributed by atoms with Gasteiger partial charge in [0.05, 0.1) is 13.5 Å². The lowest BCUT2D eigenvalue weighted by atomic mass is 9.99. The summed E-state index contributed by atoms with van der Waals surface area (Å²) < 4.78 is 5.09. The molecule has 20 heavy (non-hydrogen) atoms. The summed E-state index contributed by atoms with van der Waals surface area (Å²) in [5.41, 5.74) is 0.787. The van der Waals surface area contributed by atoms with E-state index in [0.717, 1.165) is 5.56 Å². The van der Waals surface area contributed by atoms with E-state index in [1.807, 2.05) is 13.8 Å². The molecule has 5 heteroatoms. The van der Waals surface area contributed by atoms with Crippen LogP contribution in [0.25, 0.3) is 0 Å². The number of aliphatic carboxylic acids is 1. The van der Waals surface area contributed by atoms with Crippen LogP contribution in [0.3, 0.4) is 0 Å². The summed E-state index contributed by atoms with van der Waals surface area (Å²) in [4.78, 5) is 23.1. The van der Waals surface area contributed by atoms with Crippen molar-refractivity contribution in [3.05, 3.63) is 29.8 Å². The molecule has 0 saturated heterocycles. The molecule has 0 unspecified atom stereocenters. The van der Waals surface area contributed by atoms with Crippen molar-refractivity contribution in [3.8, 4) is 5.75 Å². The average molecular weight is 279 g/mol. The molecular weight excluding hydrogens is 258 g/mol. The van der Waals surface area contributed by atoms with E-state index in [-0.39, 0.29) is 18.2 Å². The zero-order valence-corrected chi connectivity index (χ0v) is 12.1. The van der Waals surface area contributed by atoms with E-state index in [4.69, 9.17) is 9.84 Å². The summed E-state index contributed by atoms with van der Waals surface area (Å²) in [5.74, 6) is -0.738. The second-order valence-electron chi connectivity index (χ2n) is 4.80. The fourth-order valence-corrected chi connectivity index (χ4v) is 1.88. The first kappa shape index (κ1) is 16.0. The molecule has 0 fully saturated rings. The number of benzene rings is 1. The van der Waals surface area contributed by atoms with Crippen LogP contribution in [0.15, 0.2) is 24.3 Å². The number of methoxy groups -OCH3 is 1. The summed E-state index contributed by atoms with van der Waals surface area (Å²) in [6.07, 6.45) is 0.827. The van der Waals surface area contributed by atoms with E-state index in [1.165, 1.54) is 0 Å². The van der Waals surface area contributed by atoms with Crippen molar-refractivity contribution in [3.63, 3.8) is 0 Å². The zero-order chi connectivity index (χ0) is 15.1. The third kappa shape index (κ3) is 4.57. The van der Waals surface area contributed by atoms with Gasteiger partial charge in [-0.15, -0.1) is 0 Å². The Bertz CT molecular complexity index is 473. The Hall–Kier alpha value is -2.04. The maximum atomic E-state index is 11.9. The minimum atomic E-state index is -1.00. The molecule has 0 aliphatic heterocycles. The van der Waals surface area contributed by atoms with Crippen LogP contribution in [0.1, 0.15) is 25.8 Å². The molecule has 0 aliphatic rings. The van der Waals surface area contributed by atoms with Crippen LogP contribution in [0.5, 0.6) is 5.75 Å². The molecule has 110 valence electrons. The number of hydrogen-bond acceptors (Lipinski definition) is 3. The normalized spacial score (nSPS) is 13.3. The molecule has 0 aromatic heterocycles. The average Bonchev–Trinajstić information content (AvgIpc) is 2.43. The SMILES string of the molecule is CC[C@H](C)[C@H](NC(=O)Cc1cccc(OC)c1)C(=O)O. The number of carbonyl (C=O) groups is 2. The fourth-order valence-electron chi connectivity index (χ4n) is 1.88. The van der Waals surface area contributed by atoms with Gasteiger partial charge < -0.3 is 15.2 Å². The quantitative estimate of drug-likeness (QED) is 0.798. The third-order valence-corrected chi connectivity index (χ3v) is 3.29. The van der Waals surface area contributed by atoms with Gasteiger partial charge in [-0.2, -0.15) is 0 Å². The van der Waals surface area contributed by atoms with Gasteiger partial charge in [-0.05, 0) is 23.6 Å². The van der Waals surface area contributed by atoms with Gasteiger partial charge in [-0.25, -0.2) is 4.79 Å². The molecule has 2 atom stereocenters. The van der Waals surface area contributed by atoms with Crippen molar-refractivity contribution in [1.82, 2.24) is 5.32 Å². The Balaban J connectivity index is 2.68. The van der Waals surface area contributed by atoms with Crippen LogP contribution >= 0.6 is 0 Å². The minimum Gasteiger partial charge on any atom is -0.497 e. The number of hydrogen-bond donors (Lipinski definition) is 2. The lowest BCUT2D eigenvalue weighted by molar-refractivity contribution is -0.143. The minimum absolute atomic E-state index is 0.109. The van der Waals surface area contributed by atoms with Gasteiger partial charge in [0.1, 0.15) is 11.8 Å². The highest BCUT2D eigenvalue weighted by Crippen LogP contribution is 2.13. The number of ether oxygens (including phenoxy) is 1. The molecule has 0 saturated carbocycles. The number of amides is 1. The van der Waals surface area contributed by atoms with Gasteiger partial charge >= 0.3 is 5.97 Å². The van der Waals surface area contributed by atoms with Crippen LogP contribution in [0, 0.1) is 5.92 Å². The number of carboxylic acid groups (broad SMARTS) is 1. The van der Waals surface area contributed by atoms with Gasteiger partial charge in [-0.1, -0.05) is 32.4 Å². The monoisotopic (exact) mass is 279 g/mol. The smallest absolute Gasteiger partial charge is 0.326 e. The highest BCUT2D eigenvalue weighted by Gasteiger charge is 2.25. The molecule has 1 rings (SSSR count). The Kier molecular flexibility index (Phi) is 6.03. The largest absolute Gasteiger partial charge is 0.497 e. The third-order valence-electron chi connectivity index (χ3n) is 3.29. The number of carbonyl (C=O) groups excluding carboxylic acids is 1. The molecular formula is C15H21NO4. The Morgan fingerprint density at radius 3 is 2.65 bits per heavy atom. The zero-order valence-electron chi connectivity index (χ0n) is 12.1. The summed E-state index contributed by atoms with van der Waals surface area (Å²) in [6, 6.07) is 6.31. The Labute approximate surface area is 118 Å². The molecule has 2 N–H and O–H groups in total. The summed E-state index contributed by atoms with van der Waals surface area (Å²) in [5, 5.41) is 11.7. The molecule has 0 aliphatic carbocycles. The van der Waals surface area contributed by atoms with Gasteiger partial charge in [0.2, 0.25) is 5.91 Å². The first-order valence-corrected chi connectivity index (χ1v) is 6.63. The number of carboxylic acids is 1.